The molecule has 0 N–H and O–H groups in total. The van der Waals surface area contributed by atoms with Gasteiger partial charge in [-0.05, 0) is 23.8 Å². The monoisotopic (exact) mass is 221 g/mol. The fourth-order valence-electron chi connectivity index (χ4n) is 1.66. The van der Waals surface area contributed by atoms with E-state index in [1.807, 2.05) is 66.9 Å². The topological polar surface area (TPSA) is 30.7 Å². The molecular weight excluding hydrogens is 210 g/mol. The van der Waals surface area contributed by atoms with E-state index in [2.05, 4.69) is 10.2 Å². The van der Waals surface area contributed by atoms with Gasteiger partial charge in [0.05, 0.1) is 6.20 Å². The molecule has 1 heterocycles. The van der Waals surface area contributed by atoms with Crippen molar-refractivity contribution in [1.29, 1.82) is 0 Å². The second-order valence-corrected chi connectivity index (χ2v) is 3.74. The maximum Gasteiger partial charge on any atom is 0.113 e. The largest absolute Gasteiger partial charge is 0.158 e. The van der Waals surface area contributed by atoms with Gasteiger partial charge >= 0.3 is 0 Å². The molecule has 2 aromatic carbocycles. The molecule has 3 rings (SSSR count). The summed E-state index contributed by atoms with van der Waals surface area (Å²) < 4.78 is 0. The van der Waals surface area contributed by atoms with Crippen LogP contribution in [0, 0.1) is 0 Å². The van der Waals surface area contributed by atoms with Gasteiger partial charge in [-0.1, -0.05) is 42.5 Å². The molecule has 0 saturated carbocycles. The molecule has 0 aliphatic carbocycles. The van der Waals surface area contributed by atoms with Gasteiger partial charge in [-0.3, -0.25) is 0 Å². The number of nitrogens with zero attached hydrogens (tertiary/aromatic N) is 3. The summed E-state index contributed by atoms with van der Waals surface area (Å²) in [5.74, 6) is 0. The molecule has 17 heavy (non-hydrogen) atoms. The van der Waals surface area contributed by atoms with Crippen molar-refractivity contribution < 1.29 is 0 Å². The summed E-state index contributed by atoms with van der Waals surface area (Å²) >= 11 is 0. The Morgan fingerprint density at radius 1 is 0.765 bits per heavy atom. The lowest BCUT2D eigenvalue weighted by atomic mass is 10.2. The second-order valence-electron chi connectivity index (χ2n) is 3.74. The van der Waals surface area contributed by atoms with Gasteiger partial charge < -0.3 is 0 Å². The van der Waals surface area contributed by atoms with Crippen LogP contribution in [0.15, 0.2) is 54.6 Å². The van der Waals surface area contributed by atoms with Crippen molar-refractivity contribution in [3.63, 3.8) is 0 Å². The normalized spacial score (nSPS) is 11.3. The van der Waals surface area contributed by atoms with Gasteiger partial charge in [-0.15, -0.1) is 10.2 Å². The standard InChI is InChI=1S/C14H11N3/c1-2-6-12(7-3-1)10-11-17-15-13-8-4-5-9-14(13)16-17/h1-11H/b11-10+. The van der Waals surface area contributed by atoms with Crippen LogP contribution in [0.5, 0.6) is 0 Å². The highest BCUT2D eigenvalue weighted by Crippen LogP contribution is 2.08. The molecule has 3 nitrogen and oxygen atoms in total. The Balaban J connectivity index is 1.92. The molecule has 3 aromatic rings. The minimum atomic E-state index is 0.908. The van der Waals surface area contributed by atoms with E-state index >= 15 is 0 Å². The Morgan fingerprint density at radius 2 is 1.35 bits per heavy atom. The molecule has 82 valence electrons. The van der Waals surface area contributed by atoms with Crippen molar-refractivity contribution in [3.05, 3.63) is 60.2 Å². The number of aromatic nitrogens is 3. The van der Waals surface area contributed by atoms with Gasteiger partial charge in [0.25, 0.3) is 0 Å². The van der Waals surface area contributed by atoms with E-state index in [1.165, 1.54) is 0 Å². The van der Waals surface area contributed by atoms with E-state index in [9.17, 15) is 0 Å². The van der Waals surface area contributed by atoms with Crippen LogP contribution in [0.2, 0.25) is 0 Å². The quantitative estimate of drug-likeness (QED) is 0.665. The number of benzene rings is 2. The van der Waals surface area contributed by atoms with E-state index in [-0.39, 0.29) is 0 Å². The number of fused-ring (bicyclic) bond motifs is 1. The van der Waals surface area contributed by atoms with Crippen LogP contribution >= 0.6 is 0 Å². The van der Waals surface area contributed by atoms with Crippen LogP contribution in [0.25, 0.3) is 23.3 Å². The summed E-state index contributed by atoms with van der Waals surface area (Å²) in [6.45, 7) is 0. The number of rotatable bonds is 2. The minimum Gasteiger partial charge on any atom is -0.158 e. The van der Waals surface area contributed by atoms with E-state index in [4.69, 9.17) is 0 Å². The van der Waals surface area contributed by atoms with E-state index in [1.54, 1.807) is 4.80 Å². The molecule has 0 unspecified atom stereocenters. The van der Waals surface area contributed by atoms with Crippen LogP contribution in [0.1, 0.15) is 5.56 Å². The predicted molar refractivity (Wildman–Crippen MR) is 69.2 cm³/mol. The summed E-state index contributed by atoms with van der Waals surface area (Å²) in [4.78, 5) is 1.59. The Kier molecular flexibility index (Phi) is 2.43. The van der Waals surface area contributed by atoms with Crippen molar-refractivity contribution >= 4 is 23.3 Å². The van der Waals surface area contributed by atoms with Gasteiger partial charge in [0.1, 0.15) is 11.0 Å². The molecule has 0 spiro atoms. The highest BCUT2D eigenvalue weighted by atomic mass is 15.5. The van der Waals surface area contributed by atoms with Gasteiger partial charge in [0.15, 0.2) is 0 Å². The van der Waals surface area contributed by atoms with Crippen molar-refractivity contribution in [1.82, 2.24) is 15.0 Å². The smallest absolute Gasteiger partial charge is 0.113 e. The van der Waals surface area contributed by atoms with Gasteiger partial charge in [-0.25, -0.2) is 0 Å². The van der Waals surface area contributed by atoms with E-state index < -0.39 is 0 Å². The number of hydrogen-bond acceptors (Lipinski definition) is 2. The summed E-state index contributed by atoms with van der Waals surface area (Å²) in [5, 5.41) is 8.69. The molecule has 0 aliphatic rings. The Hall–Kier alpha value is -2.42. The minimum absolute atomic E-state index is 0.908. The molecule has 3 heteroatoms. The molecule has 1 aromatic heterocycles. The maximum atomic E-state index is 4.35. The Bertz CT molecular complexity index is 620. The van der Waals surface area contributed by atoms with Crippen LogP contribution in [0.4, 0.5) is 0 Å². The Morgan fingerprint density at radius 3 is 2.00 bits per heavy atom. The van der Waals surface area contributed by atoms with Crippen LogP contribution in [0.3, 0.4) is 0 Å². The zero-order chi connectivity index (χ0) is 11.5. The molecule has 0 radical (unpaired) electrons. The lowest BCUT2D eigenvalue weighted by molar-refractivity contribution is 0.814. The molecule has 0 amide bonds. The molecule has 0 atom stereocenters. The van der Waals surface area contributed by atoms with Crippen LogP contribution in [-0.4, -0.2) is 15.0 Å². The summed E-state index contributed by atoms with van der Waals surface area (Å²) in [5.41, 5.74) is 2.95. The fourth-order valence-corrected chi connectivity index (χ4v) is 1.66. The first-order chi connectivity index (χ1) is 8.42. The zero-order valence-corrected chi connectivity index (χ0v) is 9.19. The SMILES string of the molecule is C(=C\n1nc2ccccc2n1)/c1ccccc1. The van der Waals surface area contributed by atoms with Crippen molar-refractivity contribution in [2.75, 3.05) is 0 Å². The second kappa shape index (κ2) is 4.22. The lowest BCUT2D eigenvalue weighted by Crippen LogP contribution is -1.89. The molecular formula is C14H11N3. The first-order valence-electron chi connectivity index (χ1n) is 5.47. The van der Waals surface area contributed by atoms with Crippen molar-refractivity contribution in [3.8, 4) is 0 Å². The Labute approximate surface area is 99.0 Å². The third-order valence-corrected chi connectivity index (χ3v) is 2.50. The summed E-state index contributed by atoms with van der Waals surface area (Å²) in [7, 11) is 0. The summed E-state index contributed by atoms with van der Waals surface area (Å²) in [6.07, 6.45) is 3.84. The van der Waals surface area contributed by atoms with Crippen LogP contribution < -0.4 is 0 Å². The molecule has 0 bridgehead atoms. The predicted octanol–water partition coefficient (Wildman–Crippen LogP) is 3.06. The van der Waals surface area contributed by atoms with E-state index in [0.29, 0.717) is 0 Å². The average molecular weight is 221 g/mol. The first-order valence-corrected chi connectivity index (χ1v) is 5.47. The maximum absolute atomic E-state index is 4.35. The molecule has 0 fully saturated rings. The fraction of sp³-hybridized carbons (Fsp3) is 0. The van der Waals surface area contributed by atoms with Crippen LogP contribution in [-0.2, 0) is 0 Å². The van der Waals surface area contributed by atoms with Crippen molar-refractivity contribution in [2.24, 2.45) is 0 Å². The first kappa shape index (κ1) is 9.78. The van der Waals surface area contributed by atoms with Gasteiger partial charge in [0.2, 0.25) is 0 Å². The van der Waals surface area contributed by atoms with E-state index in [0.717, 1.165) is 16.6 Å². The average Bonchev–Trinajstić information content (AvgIpc) is 2.80. The molecule has 0 aliphatic heterocycles. The van der Waals surface area contributed by atoms with Gasteiger partial charge in [-0.2, -0.15) is 4.80 Å². The van der Waals surface area contributed by atoms with Gasteiger partial charge in [0, 0.05) is 0 Å². The highest BCUT2D eigenvalue weighted by molar-refractivity contribution is 5.74. The molecule has 0 saturated heterocycles. The third kappa shape index (κ3) is 2.08. The number of hydrogen-bond donors (Lipinski definition) is 0. The highest BCUT2D eigenvalue weighted by Gasteiger charge is 1.97. The lowest BCUT2D eigenvalue weighted by Gasteiger charge is -1.90. The zero-order valence-electron chi connectivity index (χ0n) is 9.19. The summed E-state index contributed by atoms with van der Waals surface area (Å²) in [6, 6.07) is 17.9. The van der Waals surface area contributed by atoms with Crippen molar-refractivity contribution in [2.45, 2.75) is 0 Å². The third-order valence-electron chi connectivity index (χ3n) is 2.50.